The molecule has 1 saturated heterocycles. The molecule has 2 aromatic carbocycles. The first-order valence-electron chi connectivity index (χ1n) is 9.27. The molecule has 0 atom stereocenters. The Morgan fingerprint density at radius 2 is 1.70 bits per heavy atom. The molecule has 27 heavy (non-hydrogen) atoms. The number of hydrogen-bond donors (Lipinski definition) is 0. The number of nitrogens with zero attached hydrogens (tertiary/aromatic N) is 1. The number of likely N-dealkylation sites (tertiary alicyclic amines) is 1. The number of hydrogen-bond acceptors (Lipinski definition) is 4. The van der Waals surface area contributed by atoms with E-state index < -0.39 is 0 Å². The first kappa shape index (κ1) is 19.1. The number of piperidine rings is 1. The molecule has 3 rings (SSSR count). The molecule has 1 amide bonds. The van der Waals surface area contributed by atoms with Crippen molar-refractivity contribution in [3.63, 3.8) is 0 Å². The molecule has 0 bridgehead atoms. The van der Waals surface area contributed by atoms with Gasteiger partial charge in [0.25, 0.3) is 5.91 Å². The van der Waals surface area contributed by atoms with Crippen molar-refractivity contribution in [1.82, 2.24) is 4.90 Å². The van der Waals surface area contributed by atoms with Crippen LogP contribution in [-0.4, -0.2) is 44.2 Å². The zero-order valence-corrected chi connectivity index (χ0v) is 16.5. The van der Waals surface area contributed by atoms with E-state index in [1.807, 2.05) is 4.90 Å². The molecule has 1 heterocycles. The molecule has 0 spiro atoms. The lowest BCUT2D eigenvalue weighted by Gasteiger charge is -2.33. The Hall–Kier alpha value is -2.69. The van der Waals surface area contributed by atoms with E-state index in [0.717, 1.165) is 24.2 Å². The van der Waals surface area contributed by atoms with E-state index in [9.17, 15) is 4.79 Å². The number of rotatable bonds is 5. The normalized spacial score (nSPS) is 14.7. The van der Waals surface area contributed by atoms with Crippen LogP contribution in [0, 0.1) is 13.8 Å². The van der Waals surface area contributed by atoms with E-state index in [0.29, 0.717) is 30.2 Å². The minimum absolute atomic E-state index is 0.0142. The van der Waals surface area contributed by atoms with E-state index in [2.05, 4.69) is 32.0 Å². The van der Waals surface area contributed by atoms with Gasteiger partial charge in [-0.2, -0.15) is 0 Å². The zero-order valence-electron chi connectivity index (χ0n) is 16.5. The average molecular weight is 369 g/mol. The Kier molecular flexibility index (Phi) is 5.89. The third kappa shape index (κ3) is 4.35. The molecule has 0 aromatic heterocycles. The van der Waals surface area contributed by atoms with Crippen molar-refractivity contribution in [3.8, 4) is 17.2 Å². The summed E-state index contributed by atoms with van der Waals surface area (Å²) in [5.74, 6) is 2.13. The summed E-state index contributed by atoms with van der Waals surface area (Å²) >= 11 is 0. The fourth-order valence-corrected chi connectivity index (χ4v) is 3.34. The van der Waals surface area contributed by atoms with E-state index in [4.69, 9.17) is 14.2 Å². The highest BCUT2D eigenvalue weighted by Crippen LogP contribution is 2.28. The summed E-state index contributed by atoms with van der Waals surface area (Å²) < 4.78 is 16.8. The molecule has 1 fully saturated rings. The average Bonchev–Trinajstić information content (AvgIpc) is 2.70. The number of amides is 1. The molecule has 5 nitrogen and oxygen atoms in total. The van der Waals surface area contributed by atoms with Gasteiger partial charge in [-0.15, -0.1) is 0 Å². The van der Waals surface area contributed by atoms with Gasteiger partial charge in [-0.3, -0.25) is 4.79 Å². The Bertz CT molecular complexity index is 810. The van der Waals surface area contributed by atoms with Crippen molar-refractivity contribution < 1.29 is 19.0 Å². The molecule has 0 unspecified atom stereocenters. The number of carbonyl (C=O) groups excluding carboxylic acids is 1. The van der Waals surface area contributed by atoms with Crippen molar-refractivity contribution in [3.05, 3.63) is 53.1 Å². The van der Waals surface area contributed by atoms with Gasteiger partial charge in [0, 0.05) is 32.0 Å². The van der Waals surface area contributed by atoms with Crippen LogP contribution in [0.1, 0.15) is 34.3 Å². The molecule has 1 aliphatic heterocycles. The number of carbonyl (C=O) groups is 1. The smallest absolute Gasteiger partial charge is 0.257 e. The Balaban J connectivity index is 1.63. The third-order valence-corrected chi connectivity index (χ3v) is 5.01. The second-order valence-corrected chi connectivity index (χ2v) is 6.94. The van der Waals surface area contributed by atoms with Crippen molar-refractivity contribution in [2.45, 2.75) is 32.8 Å². The highest BCUT2D eigenvalue weighted by Gasteiger charge is 2.26. The number of methoxy groups -OCH3 is 2. The van der Waals surface area contributed by atoms with Gasteiger partial charge in [0.05, 0.1) is 19.8 Å². The SMILES string of the molecule is COc1ccc(C(=O)N2CCC(Oc3cc(C)ccc3C)CC2)c(OC)c1. The lowest BCUT2D eigenvalue weighted by Crippen LogP contribution is -2.42. The molecule has 2 aromatic rings. The maximum Gasteiger partial charge on any atom is 0.257 e. The fraction of sp³-hybridized carbons (Fsp3) is 0.409. The Morgan fingerprint density at radius 1 is 0.963 bits per heavy atom. The van der Waals surface area contributed by atoms with E-state index in [1.165, 1.54) is 5.56 Å². The largest absolute Gasteiger partial charge is 0.497 e. The minimum atomic E-state index is -0.0142. The minimum Gasteiger partial charge on any atom is -0.497 e. The molecule has 0 saturated carbocycles. The summed E-state index contributed by atoms with van der Waals surface area (Å²) in [7, 11) is 3.16. The van der Waals surface area contributed by atoms with Gasteiger partial charge in [0.1, 0.15) is 23.4 Å². The predicted octanol–water partition coefficient (Wildman–Crippen LogP) is 4.00. The second-order valence-electron chi connectivity index (χ2n) is 6.94. The molecular weight excluding hydrogens is 342 g/mol. The molecular formula is C22H27NO4. The molecule has 0 radical (unpaired) electrons. The standard InChI is InChI=1S/C22H27NO4/c1-15-5-6-16(2)20(13-15)27-17-9-11-23(12-10-17)22(24)19-8-7-18(25-3)14-21(19)26-4/h5-8,13-14,17H,9-12H2,1-4H3. The first-order chi connectivity index (χ1) is 13.0. The van der Waals surface area contributed by atoms with Gasteiger partial charge in [-0.05, 0) is 43.2 Å². The topological polar surface area (TPSA) is 48.0 Å². The van der Waals surface area contributed by atoms with Crippen molar-refractivity contribution in [2.24, 2.45) is 0 Å². The highest BCUT2D eigenvalue weighted by atomic mass is 16.5. The van der Waals surface area contributed by atoms with Gasteiger partial charge >= 0.3 is 0 Å². The van der Waals surface area contributed by atoms with Gasteiger partial charge in [0.2, 0.25) is 0 Å². The summed E-state index contributed by atoms with van der Waals surface area (Å²) in [5, 5.41) is 0. The lowest BCUT2D eigenvalue weighted by molar-refractivity contribution is 0.0591. The van der Waals surface area contributed by atoms with Crippen LogP contribution < -0.4 is 14.2 Å². The van der Waals surface area contributed by atoms with E-state index >= 15 is 0 Å². The summed E-state index contributed by atoms with van der Waals surface area (Å²) in [6.45, 7) is 5.46. The van der Waals surface area contributed by atoms with Crippen LogP contribution in [0.5, 0.6) is 17.2 Å². The van der Waals surface area contributed by atoms with Crippen molar-refractivity contribution in [2.75, 3.05) is 27.3 Å². The van der Waals surface area contributed by atoms with Crippen LogP contribution in [0.4, 0.5) is 0 Å². The van der Waals surface area contributed by atoms with Gasteiger partial charge in [0.15, 0.2) is 0 Å². The van der Waals surface area contributed by atoms with Crippen molar-refractivity contribution >= 4 is 5.91 Å². The second kappa shape index (κ2) is 8.33. The Morgan fingerprint density at radius 3 is 2.37 bits per heavy atom. The summed E-state index contributed by atoms with van der Waals surface area (Å²) in [4.78, 5) is 14.8. The molecule has 0 N–H and O–H groups in total. The van der Waals surface area contributed by atoms with Gasteiger partial charge in [-0.1, -0.05) is 12.1 Å². The predicted molar refractivity (Wildman–Crippen MR) is 105 cm³/mol. The van der Waals surface area contributed by atoms with Crippen molar-refractivity contribution in [1.29, 1.82) is 0 Å². The van der Waals surface area contributed by atoms with E-state index in [-0.39, 0.29) is 12.0 Å². The molecule has 5 heteroatoms. The number of benzene rings is 2. The zero-order chi connectivity index (χ0) is 19.4. The highest BCUT2D eigenvalue weighted by molar-refractivity contribution is 5.97. The maximum absolute atomic E-state index is 12.9. The number of aryl methyl sites for hydroxylation is 2. The summed E-state index contributed by atoms with van der Waals surface area (Å²) in [6.07, 6.45) is 1.77. The van der Waals surface area contributed by atoms with Crippen LogP contribution in [-0.2, 0) is 0 Å². The van der Waals surface area contributed by atoms with E-state index in [1.54, 1.807) is 32.4 Å². The maximum atomic E-state index is 12.9. The van der Waals surface area contributed by atoms with Gasteiger partial charge < -0.3 is 19.1 Å². The summed E-state index contributed by atoms with van der Waals surface area (Å²) in [5.41, 5.74) is 2.89. The molecule has 1 aliphatic rings. The van der Waals surface area contributed by atoms with Crippen LogP contribution in [0.25, 0.3) is 0 Å². The summed E-state index contributed by atoms with van der Waals surface area (Å²) in [6, 6.07) is 11.5. The fourth-order valence-electron chi connectivity index (χ4n) is 3.34. The quantitative estimate of drug-likeness (QED) is 0.799. The van der Waals surface area contributed by atoms with Crippen LogP contribution >= 0.6 is 0 Å². The molecule has 144 valence electrons. The monoisotopic (exact) mass is 369 g/mol. The number of ether oxygens (including phenoxy) is 3. The van der Waals surface area contributed by atoms with Crippen LogP contribution in [0.2, 0.25) is 0 Å². The van der Waals surface area contributed by atoms with Crippen LogP contribution in [0.3, 0.4) is 0 Å². The third-order valence-electron chi connectivity index (χ3n) is 5.01. The Labute approximate surface area is 160 Å². The van der Waals surface area contributed by atoms with Gasteiger partial charge in [-0.25, -0.2) is 0 Å². The lowest BCUT2D eigenvalue weighted by atomic mass is 10.0. The molecule has 0 aliphatic carbocycles. The van der Waals surface area contributed by atoms with Crippen LogP contribution in [0.15, 0.2) is 36.4 Å². The first-order valence-corrected chi connectivity index (χ1v) is 9.27.